The molecule has 68 valence electrons. The second-order valence-electron chi connectivity index (χ2n) is 3.22. The van der Waals surface area contributed by atoms with Crippen LogP contribution in [0.5, 0.6) is 0 Å². The molecule has 4 nitrogen and oxygen atoms in total. The lowest BCUT2D eigenvalue weighted by Crippen LogP contribution is -2.08. The minimum Gasteiger partial charge on any atom is -0.367 e. The highest BCUT2D eigenvalue weighted by molar-refractivity contribution is 5.09. The zero-order chi connectivity index (χ0) is 8.97. The largest absolute Gasteiger partial charge is 0.367 e. The molecule has 1 aromatic heterocycles. The standard InChI is InChI=1S/C8H16N4/c1-3-4-7(2)5-12-6-10-8(9)11-12/h6-7H,3-5H2,1-2H3,(H2,9,11). The molecule has 0 spiro atoms. The quantitative estimate of drug-likeness (QED) is 0.737. The van der Waals surface area contributed by atoms with E-state index >= 15 is 0 Å². The van der Waals surface area contributed by atoms with E-state index in [2.05, 4.69) is 23.9 Å². The van der Waals surface area contributed by atoms with Crippen molar-refractivity contribution < 1.29 is 0 Å². The third-order valence-electron chi connectivity index (χ3n) is 1.83. The number of nitrogen functional groups attached to an aromatic ring is 1. The summed E-state index contributed by atoms with van der Waals surface area (Å²) in [5.41, 5.74) is 5.39. The number of anilines is 1. The van der Waals surface area contributed by atoms with Crippen molar-refractivity contribution in [3.05, 3.63) is 6.33 Å². The van der Waals surface area contributed by atoms with Crippen LogP contribution in [0.3, 0.4) is 0 Å². The lowest BCUT2D eigenvalue weighted by atomic mass is 10.1. The van der Waals surface area contributed by atoms with Gasteiger partial charge in [-0.25, -0.2) is 4.98 Å². The normalized spacial score (nSPS) is 13.2. The van der Waals surface area contributed by atoms with Crippen molar-refractivity contribution in [1.82, 2.24) is 14.8 Å². The predicted octanol–water partition coefficient (Wildman–Crippen LogP) is 1.30. The Balaban J connectivity index is 2.41. The molecule has 0 aromatic carbocycles. The van der Waals surface area contributed by atoms with E-state index in [1.807, 2.05) is 0 Å². The van der Waals surface area contributed by atoms with Crippen LogP contribution >= 0.6 is 0 Å². The fourth-order valence-electron chi connectivity index (χ4n) is 1.30. The van der Waals surface area contributed by atoms with Gasteiger partial charge in [0.2, 0.25) is 5.95 Å². The molecule has 4 heteroatoms. The van der Waals surface area contributed by atoms with Crippen LogP contribution in [0.1, 0.15) is 26.7 Å². The summed E-state index contributed by atoms with van der Waals surface area (Å²) in [4.78, 5) is 3.86. The first-order valence-corrected chi connectivity index (χ1v) is 4.37. The molecule has 1 rings (SSSR count). The summed E-state index contributed by atoms with van der Waals surface area (Å²) in [7, 11) is 0. The SMILES string of the molecule is CCCC(C)Cn1cnc(N)n1. The zero-order valence-corrected chi connectivity index (χ0v) is 7.70. The summed E-state index contributed by atoms with van der Waals surface area (Å²) in [5.74, 6) is 1.01. The van der Waals surface area contributed by atoms with Crippen molar-refractivity contribution in [2.24, 2.45) is 5.92 Å². The molecule has 1 heterocycles. The molecular formula is C8H16N4. The molecule has 0 bridgehead atoms. The molecule has 0 saturated carbocycles. The summed E-state index contributed by atoms with van der Waals surface area (Å²) in [5, 5.41) is 4.02. The molecule has 0 aliphatic rings. The highest BCUT2D eigenvalue weighted by Gasteiger charge is 2.02. The molecule has 0 fully saturated rings. The first-order valence-electron chi connectivity index (χ1n) is 4.37. The van der Waals surface area contributed by atoms with E-state index in [0.29, 0.717) is 11.9 Å². The summed E-state index contributed by atoms with van der Waals surface area (Å²) in [6.07, 6.45) is 4.12. The van der Waals surface area contributed by atoms with Gasteiger partial charge in [-0.3, -0.25) is 4.68 Å². The number of hydrogen-bond donors (Lipinski definition) is 1. The van der Waals surface area contributed by atoms with Crippen molar-refractivity contribution in [1.29, 1.82) is 0 Å². The van der Waals surface area contributed by atoms with Crippen molar-refractivity contribution in [3.8, 4) is 0 Å². The summed E-state index contributed by atoms with van der Waals surface area (Å²) >= 11 is 0. The Morgan fingerprint density at radius 3 is 2.92 bits per heavy atom. The van der Waals surface area contributed by atoms with E-state index in [1.165, 1.54) is 12.8 Å². The van der Waals surface area contributed by atoms with Gasteiger partial charge in [0.1, 0.15) is 6.33 Å². The van der Waals surface area contributed by atoms with Gasteiger partial charge in [0.15, 0.2) is 0 Å². The summed E-state index contributed by atoms with van der Waals surface area (Å²) in [6.45, 7) is 5.31. The predicted molar refractivity (Wildman–Crippen MR) is 48.5 cm³/mol. The second-order valence-corrected chi connectivity index (χ2v) is 3.22. The van der Waals surface area contributed by atoms with Crippen LogP contribution in [0, 0.1) is 5.92 Å². The van der Waals surface area contributed by atoms with Crippen molar-refractivity contribution in [2.45, 2.75) is 33.2 Å². The molecule has 1 aromatic rings. The Hall–Kier alpha value is -1.06. The number of nitrogens with two attached hydrogens (primary N) is 1. The molecule has 0 radical (unpaired) electrons. The second kappa shape index (κ2) is 4.09. The summed E-state index contributed by atoms with van der Waals surface area (Å²) in [6, 6.07) is 0. The molecule has 0 saturated heterocycles. The van der Waals surface area contributed by atoms with E-state index in [1.54, 1.807) is 11.0 Å². The average molecular weight is 168 g/mol. The smallest absolute Gasteiger partial charge is 0.239 e. The van der Waals surface area contributed by atoms with Crippen LogP contribution in [0.15, 0.2) is 6.33 Å². The average Bonchev–Trinajstić information content (AvgIpc) is 2.36. The van der Waals surface area contributed by atoms with Gasteiger partial charge in [-0.2, -0.15) is 0 Å². The molecule has 0 aliphatic carbocycles. The van der Waals surface area contributed by atoms with Gasteiger partial charge in [-0.15, -0.1) is 5.10 Å². The van der Waals surface area contributed by atoms with Crippen LogP contribution < -0.4 is 5.73 Å². The van der Waals surface area contributed by atoms with Gasteiger partial charge in [-0.1, -0.05) is 20.3 Å². The van der Waals surface area contributed by atoms with Gasteiger partial charge in [0.25, 0.3) is 0 Å². The van der Waals surface area contributed by atoms with Crippen LogP contribution in [0.25, 0.3) is 0 Å². The van der Waals surface area contributed by atoms with Gasteiger partial charge in [0, 0.05) is 6.54 Å². The minimum atomic E-state index is 0.360. The third-order valence-corrected chi connectivity index (χ3v) is 1.83. The van der Waals surface area contributed by atoms with E-state index in [4.69, 9.17) is 5.73 Å². The van der Waals surface area contributed by atoms with Crippen LogP contribution in [-0.4, -0.2) is 14.8 Å². The number of rotatable bonds is 4. The maximum Gasteiger partial charge on any atom is 0.239 e. The minimum absolute atomic E-state index is 0.360. The van der Waals surface area contributed by atoms with Gasteiger partial charge < -0.3 is 5.73 Å². The van der Waals surface area contributed by atoms with E-state index < -0.39 is 0 Å². The number of hydrogen-bond acceptors (Lipinski definition) is 3. The van der Waals surface area contributed by atoms with Crippen LogP contribution in [0.4, 0.5) is 5.95 Å². The van der Waals surface area contributed by atoms with Gasteiger partial charge in [0.05, 0.1) is 0 Å². The molecule has 1 atom stereocenters. The highest BCUT2D eigenvalue weighted by Crippen LogP contribution is 2.07. The maximum atomic E-state index is 5.39. The lowest BCUT2D eigenvalue weighted by Gasteiger charge is -2.08. The Kier molecular flexibility index (Phi) is 3.08. The Morgan fingerprint density at radius 2 is 2.42 bits per heavy atom. The van der Waals surface area contributed by atoms with Crippen molar-refractivity contribution in [2.75, 3.05) is 5.73 Å². The van der Waals surface area contributed by atoms with E-state index in [0.717, 1.165) is 6.54 Å². The van der Waals surface area contributed by atoms with Crippen LogP contribution in [-0.2, 0) is 6.54 Å². The first kappa shape index (κ1) is 9.03. The fraction of sp³-hybridized carbons (Fsp3) is 0.750. The van der Waals surface area contributed by atoms with Crippen molar-refractivity contribution >= 4 is 5.95 Å². The molecule has 0 amide bonds. The number of nitrogens with zero attached hydrogens (tertiary/aromatic N) is 3. The van der Waals surface area contributed by atoms with Crippen molar-refractivity contribution in [3.63, 3.8) is 0 Å². The Morgan fingerprint density at radius 1 is 1.67 bits per heavy atom. The number of aromatic nitrogens is 3. The van der Waals surface area contributed by atoms with Crippen LogP contribution in [0.2, 0.25) is 0 Å². The molecular weight excluding hydrogens is 152 g/mol. The molecule has 12 heavy (non-hydrogen) atoms. The molecule has 0 aliphatic heterocycles. The van der Waals surface area contributed by atoms with Gasteiger partial charge >= 0.3 is 0 Å². The van der Waals surface area contributed by atoms with E-state index in [-0.39, 0.29) is 0 Å². The molecule has 1 unspecified atom stereocenters. The lowest BCUT2D eigenvalue weighted by molar-refractivity contribution is 0.420. The monoisotopic (exact) mass is 168 g/mol. The van der Waals surface area contributed by atoms with E-state index in [9.17, 15) is 0 Å². The zero-order valence-electron chi connectivity index (χ0n) is 7.70. The molecule has 2 N–H and O–H groups in total. The summed E-state index contributed by atoms with van der Waals surface area (Å²) < 4.78 is 1.80. The highest BCUT2D eigenvalue weighted by atomic mass is 15.4. The Labute approximate surface area is 72.8 Å². The maximum absolute atomic E-state index is 5.39. The third kappa shape index (κ3) is 2.53. The van der Waals surface area contributed by atoms with Gasteiger partial charge in [-0.05, 0) is 12.3 Å². The Bertz CT molecular complexity index is 231. The first-order chi connectivity index (χ1) is 5.72. The topological polar surface area (TPSA) is 56.7 Å². The fourth-order valence-corrected chi connectivity index (χ4v) is 1.30.